The Morgan fingerprint density at radius 2 is 1.44 bits per heavy atom. The average Bonchev–Trinajstić information content (AvgIpc) is 2.85. The molecule has 2 N–H and O–H groups in total. The van der Waals surface area contributed by atoms with Crippen LogP contribution in [0.3, 0.4) is 0 Å². The molecular formula is C32H36Cl2NO+. The highest BCUT2D eigenvalue weighted by molar-refractivity contribution is 6.30. The maximum absolute atomic E-state index is 8.53. The fourth-order valence-electron chi connectivity index (χ4n) is 3.28. The predicted molar refractivity (Wildman–Crippen MR) is 160 cm³/mol. The average molecular weight is 522 g/mol. The summed E-state index contributed by atoms with van der Waals surface area (Å²) >= 11 is 12.1. The normalized spacial score (nSPS) is 13.9. The summed E-state index contributed by atoms with van der Waals surface area (Å²) in [6, 6.07) is 15.0. The summed E-state index contributed by atoms with van der Waals surface area (Å²) in [5.41, 5.74) is 5.28. The van der Waals surface area contributed by atoms with E-state index in [1.165, 1.54) is 11.3 Å². The molecule has 0 heterocycles. The van der Waals surface area contributed by atoms with Crippen LogP contribution in [0, 0.1) is 0 Å². The molecule has 0 fully saturated rings. The Morgan fingerprint density at radius 1 is 0.861 bits per heavy atom. The zero-order chi connectivity index (χ0) is 26.3. The topological polar surface area (TPSA) is 26.1 Å². The maximum atomic E-state index is 8.53. The van der Waals surface area contributed by atoms with Gasteiger partial charge in [0, 0.05) is 35.9 Å². The van der Waals surface area contributed by atoms with Crippen molar-refractivity contribution in [3.63, 3.8) is 0 Å². The summed E-state index contributed by atoms with van der Waals surface area (Å²) < 4.78 is 0. The van der Waals surface area contributed by atoms with Crippen LogP contribution in [-0.4, -0.2) is 24.1 Å². The van der Waals surface area contributed by atoms with Crippen LogP contribution in [0.1, 0.15) is 37.8 Å². The molecule has 2 aromatic rings. The third-order valence-corrected chi connectivity index (χ3v) is 5.83. The van der Waals surface area contributed by atoms with Gasteiger partial charge in [-0.1, -0.05) is 83.4 Å². The molecule has 0 radical (unpaired) electrons. The fourth-order valence-corrected chi connectivity index (χ4v) is 3.53. The van der Waals surface area contributed by atoms with Gasteiger partial charge < -0.3 is 10.0 Å². The largest absolute Gasteiger partial charge is 0.593 e. The SMILES string of the molecule is C\C=C/C(=C\C=C(/C)C/C=C/C=C/C/C=C(\C=C(/[OH2+])c1ccc(Cl)cc1)c1ccc(Cl)cc1)N(C)C. The molecular weight excluding hydrogens is 485 g/mol. The molecule has 0 saturated carbocycles. The van der Waals surface area contributed by atoms with Crippen LogP contribution in [0.4, 0.5) is 0 Å². The molecule has 0 aliphatic rings. The predicted octanol–water partition coefficient (Wildman–Crippen LogP) is 9.00. The van der Waals surface area contributed by atoms with Crippen LogP contribution >= 0.6 is 23.2 Å². The van der Waals surface area contributed by atoms with Gasteiger partial charge in [-0.15, -0.1) is 0 Å². The van der Waals surface area contributed by atoms with Gasteiger partial charge >= 0.3 is 0 Å². The van der Waals surface area contributed by atoms with Crippen molar-refractivity contribution in [1.29, 1.82) is 0 Å². The lowest BCUT2D eigenvalue weighted by molar-refractivity contribution is 0.512. The van der Waals surface area contributed by atoms with Gasteiger partial charge in [0.2, 0.25) is 0 Å². The Labute approximate surface area is 226 Å². The van der Waals surface area contributed by atoms with E-state index in [1.807, 2.05) is 69.6 Å². The summed E-state index contributed by atoms with van der Waals surface area (Å²) in [4.78, 5) is 2.10. The van der Waals surface area contributed by atoms with Crippen molar-refractivity contribution < 1.29 is 5.11 Å². The van der Waals surface area contributed by atoms with Crippen LogP contribution in [0.15, 0.2) is 121 Å². The Balaban J connectivity index is 2.07. The van der Waals surface area contributed by atoms with Crippen molar-refractivity contribution in [1.82, 2.24) is 4.90 Å². The number of halogens is 2. The second kappa shape index (κ2) is 15.7. The number of allylic oxidation sites excluding steroid dienone is 12. The second-order valence-electron chi connectivity index (χ2n) is 8.53. The van der Waals surface area contributed by atoms with E-state index >= 15 is 0 Å². The smallest absolute Gasteiger partial charge is 0.261 e. The van der Waals surface area contributed by atoms with Crippen molar-refractivity contribution in [2.24, 2.45) is 0 Å². The third-order valence-electron chi connectivity index (χ3n) is 5.32. The van der Waals surface area contributed by atoms with E-state index in [4.69, 9.17) is 28.3 Å². The lowest BCUT2D eigenvalue weighted by Gasteiger charge is -2.12. The van der Waals surface area contributed by atoms with Gasteiger partial charge in [-0.3, -0.25) is 0 Å². The minimum absolute atomic E-state index is 0.430. The van der Waals surface area contributed by atoms with Crippen molar-refractivity contribution in [2.45, 2.75) is 26.7 Å². The first-order chi connectivity index (χ1) is 17.3. The lowest BCUT2D eigenvalue weighted by Crippen LogP contribution is -2.08. The Kier molecular flexibility index (Phi) is 12.7. The van der Waals surface area contributed by atoms with Gasteiger partial charge in [0.25, 0.3) is 5.76 Å². The van der Waals surface area contributed by atoms with Crippen molar-refractivity contribution in [3.8, 4) is 0 Å². The van der Waals surface area contributed by atoms with E-state index < -0.39 is 0 Å². The molecule has 0 amide bonds. The first-order valence-corrected chi connectivity index (χ1v) is 12.7. The van der Waals surface area contributed by atoms with Gasteiger partial charge in [0.05, 0.1) is 5.56 Å². The highest BCUT2D eigenvalue weighted by atomic mass is 35.5. The molecule has 0 aromatic heterocycles. The molecule has 0 atom stereocenters. The zero-order valence-electron chi connectivity index (χ0n) is 21.5. The Morgan fingerprint density at radius 3 is 2.03 bits per heavy atom. The minimum Gasteiger partial charge on any atom is -0.593 e. The van der Waals surface area contributed by atoms with Crippen LogP contribution in [0.2, 0.25) is 10.0 Å². The van der Waals surface area contributed by atoms with Crippen LogP contribution in [-0.2, 0) is 0 Å². The van der Waals surface area contributed by atoms with E-state index in [0.29, 0.717) is 15.8 Å². The molecule has 2 rings (SSSR count). The zero-order valence-corrected chi connectivity index (χ0v) is 23.0. The molecule has 2 nitrogen and oxygen atoms in total. The number of nitrogens with zero attached hydrogens (tertiary/aromatic N) is 1. The Hall–Kier alpha value is -3.20. The summed E-state index contributed by atoms with van der Waals surface area (Å²) in [5.74, 6) is 0.430. The summed E-state index contributed by atoms with van der Waals surface area (Å²) in [6.45, 7) is 4.17. The molecule has 0 bridgehead atoms. The van der Waals surface area contributed by atoms with E-state index in [9.17, 15) is 0 Å². The van der Waals surface area contributed by atoms with Gasteiger partial charge in [-0.25, -0.2) is 0 Å². The van der Waals surface area contributed by atoms with E-state index in [-0.39, 0.29) is 0 Å². The van der Waals surface area contributed by atoms with Crippen LogP contribution in [0.25, 0.3) is 11.3 Å². The summed E-state index contributed by atoms with van der Waals surface area (Å²) in [7, 11) is 4.09. The van der Waals surface area contributed by atoms with Crippen LogP contribution in [0.5, 0.6) is 0 Å². The fraction of sp³-hybridized carbons (Fsp3) is 0.188. The molecule has 0 unspecified atom stereocenters. The monoisotopic (exact) mass is 520 g/mol. The number of rotatable bonds is 11. The number of hydrogen-bond acceptors (Lipinski definition) is 1. The summed E-state index contributed by atoms with van der Waals surface area (Å²) in [5, 5.41) is 9.88. The van der Waals surface area contributed by atoms with E-state index in [1.54, 1.807) is 12.1 Å². The molecule has 0 aliphatic carbocycles. The standard InChI is InChI=1S/C32H35Cl2NO/c1-5-11-31(35(3)4)23-14-25(2)12-9-7-6-8-10-13-28(26-15-19-29(33)20-16-26)24-32(36)27-17-21-30(34)22-18-27/h5-9,11,13-24,36H,10,12H2,1-4H3/p+1/b8-6+,9-7+,11-5-,25-14+,28-13+,31-23+,32-24-. The van der Waals surface area contributed by atoms with Gasteiger partial charge in [0.1, 0.15) is 0 Å². The van der Waals surface area contributed by atoms with Gasteiger partial charge in [-0.2, -0.15) is 0 Å². The maximum Gasteiger partial charge on any atom is 0.261 e. The van der Waals surface area contributed by atoms with Gasteiger partial charge in [0.15, 0.2) is 0 Å². The van der Waals surface area contributed by atoms with E-state index in [0.717, 1.165) is 29.5 Å². The third kappa shape index (κ3) is 10.6. The Bertz CT molecular complexity index is 1180. The van der Waals surface area contributed by atoms with Crippen molar-refractivity contribution >= 4 is 34.5 Å². The van der Waals surface area contributed by atoms with E-state index in [2.05, 4.69) is 60.4 Å². The molecule has 36 heavy (non-hydrogen) atoms. The number of benzene rings is 2. The second-order valence-corrected chi connectivity index (χ2v) is 9.40. The first-order valence-electron chi connectivity index (χ1n) is 11.9. The van der Waals surface area contributed by atoms with Crippen molar-refractivity contribution in [2.75, 3.05) is 14.1 Å². The highest BCUT2D eigenvalue weighted by Gasteiger charge is 2.07. The van der Waals surface area contributed by atoms with Crippen LogP contribution < -0.4 is 0 Å². The summed E-state index contributed by atoms with van der Waals surface area (Å²) in [6.07, 6.45) is 22.5. The highest BCUT2D eigenvalue weighted by Crippen LogP contribution is 2.24. The molecule has 0 spiro atoms. The molecule has 188 valence electrons. The molecule has 0 saturated heterocycles. The quantitative estimate of drug-likeness (QED) is 0.165. The first kappa shape index (κ1) is 29.0. The van der Waals surface area contributed by atoms with Crippen molar-refractivity contribution in [3.05, 3.63) is 142 Å². The molecule has 4 heteroatoms. The lowest BCUT2D eigenvalue weighted by atomic mass is 10.0. The minimum atomic E-state index is 0.430. The van der Waals surface area contributed by atoms with Gasteiger partial charge in [-0.05, 0) is 86.4 Å². The number of likely N-dealkylation sites (N-methyl/N-ethyl adjacent to an activating group) is 1. The molecule has 0 aliphatic heterocycles. The molecule has 2 aromatic carbocycles. The number of hydrogen-bond donors (Lipinski definition) is 0.